The van der Waals surface area contributed by atoms with Crippen LogP contribution in [0.15, 0.2) is 5.38 Å². The molecule has 2 atom stereocenters. The number of carboxylic acids is 1. The molecule has 2 heterocycles. The first-order valence-corrected chi connectivity index (χ1v) is 6.80. The van der Waals surface area contributed by atoms with Crippen molar-refractivity contribution in [3.8, 4) is 0 Å². The van der Waals surface area contributed by atoms with Crippen LogP contribution in [0.1, 0.15) is 18.2 Å². The number of aromatic nitrogens is 1. The van der Waals surface area contributed by atoms with Crippen LogP contribution in [0.4, 0.5) is 5.13 Å². The van der Waals surface area contributed by atoms with E-state index in [9.17, 15) is 4.79 Å². The molecule has 1 aliphatic rings. The second kappa shape index (κ2) is 5.64. The zero-order valence-electron chi connectivity index (χ0n) is 10.3. The molecule has 2 rings (SSSR count). The van der Waals surface area contributed by atoms with Gasteiger partial charge in [-0.05, 0) is 25.9 Å². The number of aliphatic carboxylic acids is 1. The van der Waals surface area contributed by atoms with Crippen molar-refractivity contribution in [3.05, 3.63) is 11.1 Å². The summed E-state index contributed by atoms with van der Waals surface area (Å²) in [4.78, 5) is 17.2. The van der Waals surface area contributed by atoms with Gasteiger partial charge in [0.1, 0.15) is 6.04 Å². The maximum Gasteiger partial charge on any atom is 0.326 e. The molecule has 4 N–H and O–H groups in total. The van der Waals surface area contributed by atoms with Gasteiger partial charge in [-0.25, -0.2) is 4.98 Å². The third kappa shape index (κ3) is 3.18. The number of thiazole rings is 1. The number of nitrogens with two attached hydrogens (primary N) is 1. The second-order valence-corrected chi connectivity index (χ2v) is 5.55. The molecule has 1 aromatic rings. The van der Waals surface area contributed by atoms with Crippen molar-refractivity contribution in [2.45, 2.75) is 12.5 Å². The lowest BCUT2D eigenvalue weighted by Crippen LogP contribution is -2.21. The van der Waals surface area contributed by atoms with Gasteiger partial charge in [0.2, 0.25) is 0 Å². The van der Waals surface area contributed by atoms with Gasteiger partial charge in [0.25, 0.3) is 0 Å². The van der Waals surface area contributed by atoms with Crippen molar-refractivity contribution in [3.63, 3.8) is 0 Å². The van der Waals surface area contributed by atoms with Crippen molar-refractivity contribution in [2.24, 2.45) is 11.7 Å². The number of hydrogen-bond donors (Lipinski definition) is 3. The van der Waals surface area contributed by atoms with E-state index in [0.717, 1.165) is 24.8 Å². The molecule has 6 nitrogen and oxygen atoms in total. The van der Waals surface area contributed by atoms with Gasteiger partial charge in [-0.15, -0.1) is 11.3 Å². The number of likely N-dealkylation sites (tertiary alicyclic amines) is 1. The molecule has 1 fully saturated rings. The van der Waals surface area contributed by atoms with Gasteiger partial charge in [-0.3, -0.25) is 4.79 Å². The molecule has 0 radical (unpaired) electrons. The molecule has 0 spiro atoms. The fourth-order valence-electron chi connectivity index (χ4n) is 2.06. The van der Waals surface area contributed by atoms with Gasteiger partial charge < -0.3 is 21.1 Å². The first-order chi connectivity index (χ1) is 8.56. The van der Waals surface area contributed by atoms with Crippen molar-refractivity contribution < 1.29 is 9.90 Å². The minimum Gasteiger partial charge on any atom is -0.480 e. The van der Waals surface area contributed by atoms with Gasteiger partial charge in [0.05, 0.1) is 5.69 Å². The minimum absolute atomic E-state index is 0.415. The maximum absolute atomic E-state index is 10.7. The Kier molecular flexibility index (Phi) is 4.15. The topological polar surface area (TPSA) is 91.5 Å². The highest BCUT2D eigenvalue weighted by atomic mass is 32.1. The van der Waals surface area contributed by atoms with Gasteiger partial charge in [-0.2, -0.15) is 0 Å². The Labute approximate surface area is 110 Å². The standard InChI is InChI=1S/C11H18N4O2S/c1-15-3-2-7(5-15)4-13-11-14-8(6-18-11)9(12)10(16)17/h6-7,9H,2-5,12H2,1H3,(H,13,14)(H,16,17). The molecular weight excluding hydrogens is 252 g/mol. The first kappa shape index (κ1) is 13.3. The van der Waals surface area contributed by atoms with Gasteiger partial charge in [0, 0.05) is 18.5 Å². The Morgan fingerprint density at radius 3 is 3.22 bits per heavy atom. The average molecular weight is 270 g/mol. The fourth-order valence-corrected chi connectivity index (χ4v) is 2.82. The number of hydrogen-bond acceptors (Lipinski definition) is 6. The molecule has 7 heteroatoms. The second-order valence-electron chi connectivity index (χ2n) is 4.69. The van der Waals surface area contributed by atoms with Crippen molar-refractivity contribution >= 4 is 22.4 Å². The predicted molar refractivity (Wildman–Crippen MR) is 70.8 cm³/mol. The highest BCUT2D eigenvalue weighted by Crippen LogP contribution is 2.21. The van der Waals surface area contributed by atoms with Gasteiger partial charge in [-0.1, -0.05) is 0 Å². The number of nitrogens with one attached hydrogen (secondary N) is 1. The Hall–Kier alpha value is -1.18. The van der Waals surface area contributed by atoms with Crippen LogP contribution < -0.4 is 11.1 Å². The molecule has 1 saturated heterocycles. The zero-order valence-corrected chi connectivity index (χ0v) is 11.1. The summed E-state index contributed by atoms with van der Waals surface area (Å²) in [6, 6.07) is -1.03. The first-order valence-electron chi connectivity index (χ1n) is 5.92. The van der Waals surface area contributed by atoms with Crippen LogP contribution in [-0.2, 0) is 4.79 Å². The predicted octanol–water partition coefficient (Wildman–Crippen LogP) is 0.591. The summed E-state index contributed by atoms with van der Waals surface area (Å²) in [6.07, 6.45) is 1.19. The van der Waals surface area contributed by atoms with Gasteiger partial charge in [0.15, 0.2) is 5.13 Å². The monoisotopic (exact) mass is 270 g/mol. The summed E-state index contributed by atoms with van der Waals surface area (Å²) in [5.41, 5.74) is 5.91. The molecule has 1 aliphatic heterocycles. The normalized spacial score (nSPS) is 22.0. The third-order valence-electron chi connectivity index (χ3n) is 3.14. The Morgan fingerprint density at radius 1 is 1.83 bits per heavy atom. The van der Waals surface area contributed by atoms with E-state index in [1.54, 1.807) is 5.38 Å². The maximum atomic E-state index is 10.7. The third-order valence-corrected chi connectivity index (χ3v) is 3.96. The Morgan fingerprint density at radius 2 is 2.61 bits per heavy atom. The SMILES string of the molecule is CN1CCC(CNc2nc(C(N)C(=O)O)cs2)C1. The van der Waals surface area contributed by atoms with Crippen LogP contribution in [0.2, 0.25) is 0 Å². The Balaban J connectivity index is 1.85. The van der Waals surface area contributed by atoms with Crippen LogP contribution in [-0.4, -0.2) is 47.6 Å². The molecule has 0 aromatic carbocycles. The van der Waals surface area contributed by atoms with Crippen LogP contribution in [0.25, 0.3) is 0 Å². The van der Waals surface area contributed by atoms with Crippen LogP contribution in [0.5, 0.6) is 0 Å². The van der Waals surface area contributed by atoms with Crippen molar-refractivity contribution in [1.82, 2.24) is 9.88 Å². The highest BCUT2D eigenvalue weighted by molar-refractivity contribution is 7.13. The number of nitrogens with zero attached hydrogens (tertiary/aromatic N) is 2. The van der Waals surface area contributed by atoms with E-state index in [1.807, 2.05) is 0 Å². The molecule has 2 unspecified atom stereocenters. The lowest BCUT2D eigenvalue weighted by Gasteiger charge is -2.10. The summed E-state index contributed by atoms with van der Waals surface area (Å²) in [7, 11) is 2.12. The van der Waals surface area contributed by atoms with E-state index in [-0.39, 0.29) is 0 Å². The van der Waals surface area contributed by atoms with E-state index >= 15 is 0 Å². The van der Waals surface area contributed by atoms with E-state index in [2.05, 4.69) is 22.2 Å². The number of anilines is 1. The summed E-state index contributed by atoms with van der Waals surface area (Å²) < 4.78 is 0. The highest BCUT2D eigenvalue weighted by Gasteiger charge is 2.20. The molecule has 0 saturated carbocycles. The van der Waals surface area contributed by atoms with E-state index in [4.69, 9.17) is 10.8 Å². The quantitative estimate of drug-likeness (QED) is 0.725. The summed E-state index contributed by atoms with van der Waals surface area (Å²) in [5, 5.41) is 14.5. The van der Waals surface area contributed by atoms with E-state index in [1.165, 1.54) is 17.8 Å². The van der Waals surface area contributed by atoms with Crippen LogP contribution in [0.3, 0.4) is 0 Å². The zero-order chi connectivity index (χ0) is 13.1. The number of carboxylic acid groups (broad SMARTS) is 1. The van der Waals surface area contributed by atoms with Crippen molar-refractivity contribution in [2.75, 3.05) is 32.0 Å². The van der Waals surface area contributed by atoms with Crippen LogP contribution in [0, 0.1) is 5.92 Å². The fraction of sp³-hybridized carbons (Fsp3) is 0.636. The Bertz CT molecular complexity index is 423. The summed E-state index contributed by atoms with van der Waals surface area (Å²) >= 11 is 1.40. The lowest BCUT2D eigenvalue weighted by atomic mass is 10.1. The average Bonchev–Trinajstić information content (AvgIpc) is 2.94. The minimum atomic E-state index is -1.05. The van der Waals surface area contributed by atoms with Gasteiger partial charge >= 0.3 is 5.97 Å². The molecule has 0 amide bonds. The summed E-state index contributed by atoms with van der Waals surface area (Å²) in [6.45, 7) is 3.11. The van der Waals surface area contributed by atoms with Crippen LogP contribution >= 0.6 is 11.3 Å². The molecular formula is C11H18N4O2S. The number of rotatable bonds is 5. The molecule has 100 valence electrons. The molecule has 1 aromatic heterocycles. The van der Waals surface area contributed by atoms with E-state index in [0.29, 0.717) is 11.6 Å². The number of carbonyl (C=O) groups is 1. The largest absolute Gasteiger partial charge is 0.480 e. The molecule has 0 aliphatic carbocycles. The van der Waals surface area contributed by atoms with Crippen molar-refractivity contribution in [1.29, 1.82) is 0 Å². The lowest BCUT2D eigenvalue weighted by molar-refractivity contribution is -0.138. The smallest absolute Gasteiger partial charge is 0.326 e. The summed E-state index contributed by atoms with van der Waals surface area (Å²) in [5.74, 6) is -0.417. The molecule has 0 bridgehead atoms. The molecule has 18 heavy (non-hydrogen) atoms. The van der Waals surface area contributed by atoms with E-state index < -0.39 is 12.0 Å².